The Labute approximate surface area is 164 Å². The zero-order valence-electron chi connectivity index (χ0n) is 15.2. The fourth-order valence-corrected chi connectivity index (χ4v) is 3.44. The molecule has 0 saturated heterocycles. The summed E-state index contributed by atoms with van der Waals surface area (Å²) in [7, 11) is 0. The molecule has 0 N–H and O–H groups in total. The molecule has 3 aromatic rings. The van der Waals surface area contributed by atoms with Crippen LogP contribution in [0.4, 0.5) is 4.39 Å². The first-order valence-electron chi connectivity index (χ1n) is 8.52. The average molecular weight is 429 g/mol. The van der Waals surface area contributed by atoms with Crippen molar-refractivity contribution in [1.82, 2.24) is 9.55 Å². The molecule has 0 aliphatic rings. The number of aromatic nitrogens is 2. The lowest BCUT2D eigenvalue weighted by atomic mass is 10.1. The quantitative estimate of drug-likeness (QED) is 0.562. The summed E-state index contributed by atoms with van der Waals surface area (Å²) in [4.78, 5) is 28.9. The van der Waals surface area contributed by atoms with E-state index in [2.05, 4.69) is 20.9 Å². The topological polar surface area (TPSA) is 52.0 Å². The molecule has 0 fully saturated rings. The number of aryl methyl sites for hydroxylation is 2. The van der Waals surface area contributed by atoms with Gasteiger partial charge < -0.3 is 0 Å². The number of hydrogen-bond acceptors (Lipinski definition) is 3. The molecule has 0 spiro atoms. The Morgan fingerprint density at radius 3 is 2.67 bits per heavy atom. The van der Waals surface area contributed by atoms with Gasteiger partial charge in [0.2, 0.25) is 0 Å². The zero-order chi connectivity index (χ0) is 19.7. The highest BCUT2D eigenvalue weighted by molar-refractivity contribution is 9.10. The maximum Gasteiger partial charge on any atom is 0.266 e. The van der Waals surface area contributed by atoms with E-state index >= 15 is 0 Å². The van der Waals surface area contributed by atoms with Crippen LogP contribution in [0.15, 0.2) is 45.7 Å². The van der Waals surface area contributed by atoms with Gasteiger partial charge in [-0.05, 0) is 55.8 Å². The van der Waals surface area contributed by atoms with E-state index in [0.717, 1.165) is 15.7 Å². The van der Waals surface area contributed by atoms with Crippen LogP contribution in [0.5, 0.6) is 0 Å². The molecular weight excluding hydrogens is 411 g/mol. The minimum absolute atomic E-state index is 0.180. The van der Waals surface area contributed by atoms with Gasteiger partial charge >= 0.3 is 0 Å². The number of hydrogen-bond donors (Lipinski definition) is 0. The summed E-state index contributed by atoms with van der Waals surface area (Å²) >= 11 is 3.43. The molecule has 6 heteroatoms. The smallest absolute Gasteiger partial charge is 0.266 e. The van der Waals surface area contributed by atoms with E-state index < -0.39 is 5.82 Å². The third-order valence-electron chi connectivity index (χ3n) is 4.27. The number of carbonyl (C=O) groups is 1. The van der Waals surface area contributed by atoms with Gasteiger partial charge in [-0.2, -0.15) is 0 Å². The molecule has 0 aliphatic carbocycles. The van der Waals surface area contributed by atoms with Crippen molar-refractivity contribution in [1.29, 1.82) is 0 Å². The summed E-state index contributed by atoms with van der Waals surface area (Å²) in [5.74, 6) is -0.160. The predicted molar refractivity (Wildman–Crippen MR) is 109 cm³/mol. The van der Waals surface area contributed by atoms with Crippen LogP contribution >= 0.6 is 15.9 Å². The van der Waals surface area contributed by atoms with Crippen LogP contribution in [0.3, 0.4) is 0 Å². The number of benzene rings is 2. The molecule has 4 nitrogen and oxygen atoms in total. The number of carbonyl (C=O) groups excluding carboxylic acids is 1. The van der Waals surface area contributed by atoms with Crippen molar-refractivity contribution in [2.24, 2.45) is 0 Å². The van der Waals surface area contributed by atoms with Gasteiger partial charge in [-0.15, -0.1) is 0 Å². The van der Waals surface area contributed by atoms with E-state index in [0.29, 0.717) is 23.1 Å². The van der Waals surface area contributed by atoms with Crippen molar-refractivity contribution < 1.29 is 9.18 Å². The summed E-state index contributed by atoms with van der Waals surface area (Å²) in [5, 5.41) is 0.305. The van der Waals surface area contributed by atoms with Crippen molar-refractivity contribution in [3.05, 3.63) is 74.0 Å². The molecule has 0 atom stereocenters. The monoisotopic (exact) mass is 428 g/mol. The van der Waals surface area contributed by atoms with Crippen LogP contribution in [0.1, 0.15) is 30.8 Å². The van der Waals surface area contributed by atoms with E-state index in [9.17, 15) is 14.0 Å². The first-order valence-corrected chi connectivity index (χ1v) is 9.31. The van der Waals surface area contributed by atoms with Gasteiger partial charge in [0.25, 0.3) is 5.56 Å². The van der Waals surface area contributed by atoms with Crippen LogP contribution in [0.25, 0.3) is 22.7 Å². The minimum atomic E-state index is -0.522. The number of halogens is 2. The third kappa shape index (κ3) is 3.76. The fraction of sp³-hybridized carbons (Fsp3) is 0.190. The van der Waals surface area contributed by atoms with Gasteiger partial charge in [-0.1, -0.05) is 22.9 Å². The van der Waals surface area contributed by atoms with Crippen molar-refractivity contribution in [2.45, 2.75) is 27.2 Å². The second kappa shape index (κ2) is 7.56. The highest BCUT2D eigenvalue weighted by Gasteiger charge is 2.15. The normalized spacial score (nSPS) is 11.4. The van der Waals surface area contributed by atoms with Gasteiger partial charge in [-0.3, -0.25) is 14.2 Å². The lowest BCUT2D eigenvalue weighted by Gasteiger charge is -2.15. The first kappa shape index (κ1) is 19.2. The van der Waals surface area contributed by atoms with Crippen LogP contribution in [-0.2, 0) is 11.2 Å². The Balaban J connectivity index is 2.34. The molecule has 27 heavy (non-hydrogen) atoms. The van der Waals surface area contributed by atoms with Gasteiger partial charge in [0.15, 0.2) is 5.78 Å². The van der Waals surface area contributed by atoms with Crippen molar-refractivity contribution >= 4 is 38.7 Å². The van der Waals surface area contributed by atoms with Gasteiger partial charge in [-0.25, -0.2) is 9.37 Å². The van der Waals surface area contributed by atoms with E-state index in [4.69, 9.17) is 0 Å². The minimum Gasteiger partial charge on any atom is -0.295 e. The Morgan fingerprint density at radius 1 is 1.30 bits per heavy atom. The zero-order valence-corrected chi connectivity index (χ0v) is 16.8. The highest BCUT2D eigenvalue weighted by atomic mass is 79.9. The standard InChI is InChI=1S/C21H18BrFN2O2/c1-4-20-24-18-11-17(23)14(6-5-13(3)26)10-16(18)21(27)25(20)19-8-7-15(22)9-12(19)2/h5-11H,4H2,1-3H3/b6-5+. The Hall–Kier alpha value is -2.60. The first-order chi connectivity index (χ1) is 12.8. The maximum atomic E-state index is 14.4. The molecular formula is C21H18BrFN2O2. The number of ketones is 1. The highest BCUT2D eigenvalue weighted by Crippen LogP contribution is 2.22. The summed E-state index contributed by atoms with van der Waals surface area (Å²) in [6.07, 6.45) is 3.17. The number of nitrogens with zero attached hydrogens (tertiary/aromatic N) is 2. The predicted octanol–water partition coefficient (Wildman–Crippen LogP) is 4.76. The SMILES string of the molecule is CCc1nc2cc(F)c(/C=C/C(C)=O)cc2c(=O)n1-c1ccc(Br)cc1C. The molecule has 138 valence electrons. The molecule has 0 unspecified atom stereocenters. The molecule has 0 radical (unpaired) electrons. The Bertz CT molecular complexity index is 1150. The van der Waals surface area contributed by atoms with Crippen molar-refractivity contribution in [3.63, 3.8) is 0 Å². The molecule has 0 bridgehead atoms. The van der Waals surface area contributed by atoms with Crippen LogP contribution in [-0.4, -0.2) is 15.3 Å². The second-order valence-corrected chi connectivity index (χ2v) is 7.20. The van der Waals surface area contributed by atoms with Crippen LogP contribution < -0.4 is 5.56 Å². The molecule has 3 rings (SSSR count). The fourth-order valence-electron chi connectivity index (χ4n) is 2.96. The molecule has 0 amide bonds. The average Bonchev–Trinajstić information content (AvgIpc) is 2.61. The molecule has 1 heterocycles. The van der Waals surface area contributed by atoms with E-state index in [1.54, 1.807) is 4.57 Å². The van der Waals surface area contributed by atoms with Gasteiger partial charge in [0.1, 0.15) is 11.6 Å². The van der Waals surface area contributed by atoms with E-state index in [-0.39, 0.29) is 16.9 Å². The lowest BCUT2D eigenvalue weighted by Crippen LogP contribution is -2.24. The maximum absolute atomic E-state index is 14.4. The molecule has 0 saturated carbocycles. The van der Waals surface area contributed by atoms with Crippen molar-refractivity contribution in [3.8, 4) is 5.69 Å². The summed E-state index contributed by atoms with van der Waals surface area (Å²) in [5.41, 5.74) is 1.88. The Morgan fingerprint density at radius 2 is 2.04 bits per heavy atom. The van der Waals surface area contributed by atoms with Gasteiger partial charge in [0, 0.05) is 22.5 Å². The summed E-state index contributed by atoms with van der Waals surface area (Å²) in [6, 6.07) is 8.34. The second-order valence-electron chi connectivity index (χ2n) is 6.29. The molecule has 2 aromatic carbocycles. The summed E-state index contributed by atoms with van der Waals surface area (Å²) < 4.78 is 16.8. The van der Waals surface area contributed by atoms with Crippen LogP contribution in [0.2, 0.25) is 0 Å². The number of fused-ring (bicyclic) bond motifs is 1. The van der Waals surface area contributed by atoms with Gasteiger partial charge in [0.05, 0.1) is 16.6 Å². The summed E-state index contributed by atoms with van der Waals surface area (Å²) in [6.45, 7) is 5.20. The third-order valence-corrected chi connectivity index (χ3v) is 4.76. The molecule has 0 aliphatic heterocycles. The largest absolute Gasteiger partial charge is 0.295 e. The van der Waals surface area contributed by atoms with Crippen molar-refractivity contribution in [2.75, 3.05) is 0 Å². The van der Waals surface area contributed by atoms with E-state index in [1.165, 1.54) is 31.2 Å². The van der Waals surface area contributed by atoms with Crippen LogP contribution in [0, 0.1) is 12.7 Å². The lowest BCUT2D eigenvalue weighted by molar-refractivity contribution is -0.112. The van der Waals surface area contributed by atoms with E-state index in [1.807, 2.05) is 32.0 Å². The Kier molecular flexibility index (Phi) is 5.37. The number of allylic oxidation sites excluding steroid dienone is 1. The molecule has 1 aromatic heterocycles. The number of rotatable bonds is 4.